The molecule has 0 radical (unpaired) electrons. The molecule has 0 aromatic heterocycles. The lowest BCUT2D eigenvalue weighted by Gasteiger charge is -2.32. The van der Waals surface area contributed by atoms with Crippen molar-refractivity contribution in [1.29, 1.82) is 0 Å². The molecule has 0 bridgehead atoms. The number of aryl methyl sites for hydroxylation is 2. The molecule has 0 saturated heterocycles. The molecule has 16 heavy (non-hydrogen) atoms. The maximum absolute atomic E-state index is 11.1. The van der Waals surface area contributed by atoms with Gasteiger partial charge in [0, 0.05) is 5.69 Å². The SMILES string of the molecule is Cc1cccc(C)c1NC(C=O)[N+](C)(C)C. The van der Waals surface area contributed by atoms with Crippen molar-refractivity contribution in [3.63, 3.8) is 0 Å². The van der Waals surface area contributed by atoms with Crippen LogP contribution in [0.25, 0.3) is 0 Å². The average Bonchev–Trinajstić information content (AvgIpc) is 2.15. The Morgan fingerprint density at radius 1 is 1.19 bits per heavy atom. The largest absolute Gasteiger partial charge is 0.330 e. The molecule has 0 fully saturated rings. The number of rotatable bonds is 4. The maximum Gasteiger partial charge on any atom is 0.219 e. The van der Waals surface area contributed by atoms with E-state index in [2.05, 4.69) is 5.32 Å². The second-order valence-electron chi connectivity index (χ2n) is 5.11. The molecule has 0 amide bonds. The van der Waals surface area contributed by atoms with Crippen LogP contribution in [0.2, 0.25) is 0 Å². The van der Waals surface area contributed by atoms with Crippen molar-refractivity contribution in [3.8, 4) is 0 Å². The topological polar surface area (TPSA) is 29.1 Å². The Morgan fingerprint density at radius 3 is 2.06 bits per heavy atom. The molecule has 1 aromatic carbocycles. The predicted molar refractivity (Wildman–Crippen MR) is 67.4 cm³/mol. The Morgan fingerprint density at radius 2 is 1.69 bits per heavy atom. The lowest BCUT2D eigenvalue weighted by atomic mass is 10.1. The summed E-state index contributed by atoms with van der Waals surface area (Å²) in [7, 11) is 6.00. The van der Waals surface area contributed by atoms with Crippen molar-refractivity contribution in [3.05, 3.63) is 29.3 Å². The van der Waals surface area contributed by atoms with Crippen LogP contribution in [0.3, 0.4) is 0 Å². The zero-order valence-corrected chi connectivity index (χ0v) is 10.7. The number of anilines is 1. The molecule has 0 saturated carbocycles. The number of hydrogen-bond acceptors (Lipinski definition) is 2. The van der Waals surface area contributed by atoms with Crippen LogP contribution < -0.4 is 5.32 Å². The molecule has 1 unspecified atom stereocenters. The predicted octanol–water partition coefficient (Wildman–Crippen LogP) is 1.95. The van der Waals surface area contributed by atoms with Crippen molar-refractivity contribution >= 4 is 12.0 Å². The van der Waals surface area contributed by atoms with Gasteiger partial charge in [-0.1, -0.05) is 18.2 Å². The Bertz CT molecular complexity index is 360. The number of benzene rings is 1. The minimum Gasteiger partial charge on any atom is -0.330 e. The number of nitrogens with zero attached hydrogens (tertiary/aromatic N) is 1. The highest BCUT2D eigenvalue weighted by Crippen LogP contribution is 2.21. The summed E-state index contributed by atoms with van der Waals surface area (Å²) >= 11 is 0. The average molecular weight is 221 g/mol. The van der Waals surface area contributed by atoms with Crippen LogP contribution in [0.1, 0.15) is 11.1 Å². The van der Waals surface area contributed by atoms with Crippen LogP contribution in [-0.4, -0.2) is 38.1 Å². The van der Waals surface area contributed by atoms with Gasteiger partial charge in [-0.3, -0.25) is 4.79 Å². The number of carbonyl (C=O) groups excluding carboxylic acids is 1. The lowest BCUT2D eigenvalue weighted by Crippen LogP contribution is -2.50. The van der Waals surface area contributed by atoms with Gasteiger partial charge in [0.25, 0.3) is 0 Å². The molecule has 1 atom stereocenters. The van der Waals surface area contributed by atoms with Crippen LogP contribution in [0, 0.1) is 13.8 Å². The normalized spacial score (nSPS) is 13.3. The minimum atomic E-state index is -0.222. The Labute approximate surface area is 97.7 Å². The zero-order valence-electron chi connectivity index (χ0n) is 10.7. The summed E-state index contributed by atoms with van der Waals surface area (Å²) in [5.41, 5.74) is 3.40. The highest BCUT2D eigenvalue weighted by atomic mass is 16.1. The van der Waals surface area contributed by atoms with Gasteiger partial charge in [-0.15, -0.1) is 0 Å². The fourth-order valence-electron chi connectivity index (χ4n) is 1.60. The number of aldehydes is 1. The van der Waals surface area contributed by atoms with E-state index in [1.165, 1.54) is 11.1 Å². The van der Waals surface area contributed by atoms with Crippen molar-refractivity contribution in [2.24, 2.45) is 0 Å². The van der Waals surface area contributed by atoms with Gasteiger partial charge in [-0.25, -0.2) is 0 Å². The third-order valence-corrected chi connectivity index (χ3v) is 2.74. The van der Waals surface area contributed by atoms with Gasteiger partial charge < -0.3 is 9.80 Å². The van der Waals surface area contributed by atoms with E-state index in [0.29, 0.717) is 4.48 Å². The fraction of sp³-hybridized carbons (Fsp3) is 0.462. The van der Waals surface area contributed by atoms with Gasteiger partial charge in [0.1, 0.15) is 0 Å². The lowest BCUT2D eigenvalue weighted by molar-refractivity contribution is -0.881. The monoisotopic (exact) mass is 221 g/mol. The van der Waals surface area contributed by atoms with Crippen molar-refractivity contribution in [2.75, 3.05) is 26.5 Å². The van der Waals surface area contributed by atoms with Gasteiger partial charge in [0.15, 0.2) is 6.29 Å². The number of quaternary nitrogens is 1. The number of likely N-dealkylation sites (N-methyl/N-ethyl adjacent to an activating group) is 1. The first-order valence-corrected chi connectivity index (χ1v) is 5.45. The molecule has 3 heteroatoms. The second-order valence-corrected chi connectivity index (χ2v) is 5.11. The van der Waals surface area contributed by atoms with E-state index in [9.17, 15) is 4.79 Å². The van der Waals surface area contributed by atoms with E-state index in [1.54, 1.807) is 0 Å². The molecule has 1 rings (SSSR count). The second kappa shape index (κ2) is 4.66. The van der Waals surface area contributed by atoms with Gasteiger partial charge in [0.2, 0.25) is 6.17 Å². The summed E-state index contributed by atoms with van der Waals surface area (Å²) in [6.07, 6.45) is 0.742. The van der Waals surface area contributed by atoms with E-state index in [4.69, 9.17) is 0 Å². The number of hydrogen-bond donors (Lipinski definition) is 1. The molecule has 0 heterocycles. The smallest absolute Gasteiger partial charge is 0.219 e. The molecule has 3 nitrogen and oxygen atoms in total. The van der Waals surface area contributed by atoms with E-state index in [1.807, 2.05) is 53.2 Å². The molecular formula is C13H21N2O+. The Kier molecular flexibility index (Phi) is 3.70. The maximum atomic E-state index is 11.1. The highest BCUT2D eigenvalue weighted by molar-refractivity contribution is 5.66. The Balaban J connectivity index is 2.99. The summed E-state index contributed by atoms with van der Waals surface area (Å²) in [6, 6.07) is 6.12. The first-order valence-electron chi connectivity index (χ1n) is 5.45. The first kappa shape index (κ1) is 12.7. The van der Waals surface area contributed by atoms with E-state index < -0.39 is 0 Å². The van der Waals surface area contributed by atoms with Crippen molar-refractivity contribution < 1.29 is 9.28 Å². The molecule has 88 valence electrons. The van der Waals surface area contributed by atoms with Gasteiger partial charge >= 0.3 is 0 Å². The quantitative estimate of drug-likeness (QED) is 0.478. The molecule has 1 N–H and O–H groups in total. The van der Waals surface area contributed by atoms with E-state index >= 15 is 0 Å². The fourth-order valence-corrected chi connectivity index (χ4v) is 1.60. The third-order valence-electron chi connectivity index (χ3n) is 2.74. The summed E-state index contributed by atoms with van der Waals surface area (Å²) < 4.78 is 0.567. The van der Waals surface area contributed by atoms with E-state index in [-0.39, 0.29) is 6.17 Å². The van der Waals surface area contributed by atoms with Gasteiger partial charge in [-0.2, -0.15) is 0 Å². The molecule has 1 aromatic rings. The standard InChI is InChI=1S/C13H21N2O/c1-10-7-6-8-11(2)13(10)14-12(9-16)15(3,4)5/h6-9,12,14H,1-5H3/q+1. The van der Waals surface area contributed by atoms with Gasteiger partial charge in [-0.05, 0) is 25.0 Å². The molecule has 0 spiro atoms. The molecule has 0 aliphatic heterocycles. The van der Waals surface area contributed by atoms with E-state index in [0.717, 1.165) is 12.0 Å². The van der Waals surface area contributed by atoms with Gasteiger partial charge in [0.05, 0.1) is 21.1 Å². The first-order chi connectivity index (χ1) is 7.36. The number of carbonyl (C=O) groups is 1. The van der Waals surface area contributed by atoms with Crippen molar-refractivity contribution in [1.82, 2.24) is 0 Å². The molecule has 0 aliphatic carbocycles. The minimum absolute atomic E-state index is 0.222. The molecule has 0 aliphatic rings. The van der Waals surface area contributed by atoms with Crippen LogP contribution in [0.5, 0.6) is 0 Å². The van der Waals surface area contributed by atoms with Crippen molar-refractivity contribution in [2.45, 2.75) is 20.0 Å². The van der Waals surface area contributed by atoms with Crippen LogP contribution in [-0.2, 0) is 4.79 Å². The number of nitrogens with one attached hydrogen (secondary N) is 1. The highest BCUT2D eigenvalue weighted by Gasteiger charge is 2.23. The summed E-state index contributed by atoms with van der Waals surface area (Å²) in [4.78, 5) is 11.1. The summed E-state index contributed by atoms with van der Waals surface area (Å²) in [5.74, 6) is 0. The summed E-state index contributed by atoms with van der Waals surface area (Å²) in [6.45, 7) is 4.10. The van der Waals surface area contributed by atoms with Crippen LogP contribution in [0.15, 0.2) is 18.2 Å². The Hall–Kier alpha value is -1.35. The van der Waals surface area contributed by atoms with Crippen LogP contribution in [0.4, 0.5) is 5.69 Å². The molecular weight excluding hydrogens is 200 g/mol. The summed E-state index contributed by atoms with van der Waals surface area (Å²) in [5, 5.41) is 3.31. The third kappa shape index (κ3) is 2.83. The van der Waals surface area contributed by atoms with Crippen LogP contribution >= 0.6 is 0 Å². The zero-order chi connectivity index (χ0) is 12.3. The number of para-hydroxylation sites is 1.